The van der Waals surface area contributed by atoms with Gasteiger partial charge >= 0.3 is 0 Å². The lowest BCUT2D eigenvalue weighted by atomic mass is 10.5. The van der Waals surface area contributed by atoms with Crippen molar-refractivity contribution >= 4 is 22.9 Å². The van der Waals surface area contributed by atoms with Crippen LogP contribution >= 0.6 is 22.9 Å². The quantitative estimate of drug-likeness (QED) is 0.753. The second-order valence-electron chi connectivity index (χ2n) is 2.86. The van der Waals surface area contributed by atoms with Gasteiger partial charge in [0.2, 0.25) is 0 Å². The fourth-order valence-corrected chi connectivity index (χ4v) is 2.08. The van der Waals surface area contributed by atoms with Crippen molar-refractivity contribution in [1.29, 1.82) is 0 Å². The summed E-state index contributed by atoms with van der Waals surface area (Å²) in [5.41, 5.74) is 1.000. The lowest BCUT2D eigenvalue weighted by molar-refractivity contribution is 0.748. The molecule has 0 aliphatic heterocycles. The number of hydrogen-bond acceptors (Lipinski definition) is 4. The molecule has 0 spiro atoms. The molecule has 0 bridgehead atoms. The highest BCUT2D eigenvalue weighted by Crippen LogP contribution is 2.12. The molecule has 0 aromatic carbocycles. The monoisotopic (exact) mass is 228 g/mol. The Morgan fingerprint density at radius 2 is 2.36 bits per heavy atom. The van der Waals surface area contributed by atoms with Gasteiger partial charge in [-0.25, -0.2) is 4.98 Å². The second-order valence-corrected chi connectivity index (χ2v) is 4.39. The number of imidazole rings is 1. The molecule has 0 aliphatic carbocycles. The number of aryl methyl sites for hydroxylation is 1. The summed E-state index contributed by atoms with van der Waals surface area (Å²) in [5, 5.41) is 9.96. The first-order valence-corrected chi connectivity index (χ1v) is 5.48. The predicted molar refractivity (Wildman–Crippen MR) is 55.5 cm³/mol. The average molecular weight is 229 g/mol. The van der Waals surface area contributed by atoms with E-state index in [0.717, 1.165) is 15.7 Å². The highest BCUT2D eigenvalue weighted by molar-refractivity contribution is 7.11. The molecule has 6 heteroatoms. The molecular formula is C8H9ClN4S. The smallest absolute Gasteiger partial charge is 0.137 e. The Kier molecular flexibility index (Phi) is 2.79. The molecular weight excluding hydrogens is 220 g/mol. The van der Waals surface area contributed by atoms with Gasteiger partial charge in [-0.15, -0.1) is 21.8 Å². The molecule has 0 atom stereocenters. The van der Waals surface area contributed by atoms with Gasteiger partial charge in [-0.2, -0.15) is 0 Å². The van der Waals surface area contributed by atoms with E-state index in [1.807, 2.05) is 11.5 Å². The van der Waals surface area contributed by atoms with Crippen molar-refractivity contribution in [3.8, 4) is 0 Å². The molecule has 0 unspecified atom stereocenters. The second kappa shape index (κ2) is 4.06. The highest BCUT2D eigenvalue weighted by Gasteiger charge is 2.04. The minimum atomic E-state index is 0.470. The molecule has 2 aromatic heterocycles. The maximum Gasteiger partial charge on any atom is 0.137 e. The Morgan fingerprint density at radius 3 is 3.00 bits per heavy atom. The van der Waals surface area contributed by atoms with Crippen LogP contribution in [0.4, 0.5) is 0 Å². The van der Waals surface area contributed by atoms with E-state index in [1.165, 1.54) is 0 Å². The summed E-state index contributed by atoms with van der Waals surface area (Å²) in [6, 6.07) is 0. The summed E-state index contributed by atoms with van der Waals surface area (Å²) in [5.74, 6) is 0.470. The van der Waals surface area contributed by atoms with Gasteiger partial charge in [-0.05, 0) is 6.92 Å². The molecule has 0 amide bonds. The van der Waals surface area contributed by atoms with Crippen molar-refractivity contribution in [2.45, 2.75) is 19.3 Å². The topological polar surface area (TPSA) is 43.6 Å². The van der Waals surface area contributed by atoms with Crippen molar-refractivity contribution in [3.05, 3.63) is 28.2 Å². The third-order valence-electron chi connectivity index (χ3n) is 1.81. The van der Waals surface area contributed by atoms with E-state index in [2.05, 4.69) is 15.2 Å². The predicted octanol–water partition coefficient (Wildman–Crippen LogP) is 1.83. The van der Waals surface area contributed by atoms with Crippen LogP contribution in [0.2, 0.25) is 0 Å². The van der Waals surface area contributed by atoms with Crippen LogP contribution in [-0.4, -0.2) is 19.7 Å². The first kappa shape index (κ1) is 9.61. The Morgan fingerprint density at radius 1 is 1.50 bits per heavy atom. The molecule has 0 N–H and O–H groups in total. The number of hydrogen-bond donors (Lipinski definition) is 0. The van der Waals surface area contributed by atoms with E-state index in [-0.39, 0.29) is 0 Å². The molecule has 14 heavy (non-hydrogen) atoms. The van der Waals surface area contributed by atoms with Crippen molar-refractivity contribution in [2.24, 2.45) is 0 Å². The van der Waals surface area contributed by atoms with Crippen LogP contribution < -0.4 is 0 Å². The fraction of sp³-hybridized carbons (Fsp3) is 0.375. The molecule has 0 aliphatic rings. The summed E-state index contributed by atoms with van der Waals surface area (Å²) < 4.78 is 1.98. The lowest BCUT2D eigenvalue weighted by Gasteiger charge is -2.01. The molecule has 74 valence electrons. The molecule has 0 fully saturated rings. The van der Waals surface area contributed by atoms with Crippen molar-refractivity contribution in [2.75, 3.05) is 0 Å². The van der Waals surface area contributed by atoms with Gasteiger partial charge in [-0.1, -0.05) is 11.3 Å². The van der Waals surface area contributed by atoms with Crippen LogP contribution in [0.5, 0.6) is 0 Å². The van der Waals surface area contributed by atoms with Crippen molar-refractivity contribution < 1.29 is 0 Å². The SMILES string of the molecule is Cc1nnc(Cn2cncc2CCl)s1. The molecule has 0 saturated carbocycles. The maximum absolute atomic E-state index is 5.75. The minimum absolute atomic E-state index is 0.470. The normalized spacial score (nSPS) is 10.7. The summed E-state index contributed by atoms with van der Waals surface area (Å²) in [6.07, 6.45) is 3.52. The Labute approximate surface area is 90.6 Å². The number of rotatable bonds is 3. The molecule has 2 heterocycles. The zero-order valence-electron chi connectivity index (χ0n) is 7.64. The van der Waals surface area contributed by atoms with Crippen LogP contribution in [0.1, 0.15) is 15.7 Å². The van der Waals surface area contributed by atoms with Gasteiger partial charge in [0.25, 0.3) is 0 Å². The van der Waals surface area contributed by atoms with Gasteiger partial charge in [-0.3, -0.25) is 0 Å². The lowest BCUT2D eigenvalue weighted by Crippen LogP contribution is -2.01. The van der Waals surface area contributed by atoms with Crippen LogP contribution in [0.3, 0.4) is 0 Å². The summed E-state index contributed by atoms with van der Waals surface area (Å²) >= 11 is 7.34. The van der Waals surface area contributed by atoms with Crippen LogP contribution in [0.25, 0.3) is 0 Å². The molecule has 4 nitrogen and oxygen atoms in total. The average Bonchev–Trinajstić information content (AvgIpc) is 2.76. The van der Waals surface area contributed by atoms with Gasteiger partial charge in [0, 0.05) is 6.20 Å². The molecule has 0 saturated heterocycles. The standard InChI is InChI=1S/C8H9ClN4S/c1-6-11-12-8(14-6)4-13-5-10-3-7(13)2-9/h3,5H,2,4H2,1H3. The van der Waals surface area contributed by atoms with Crippen LogP contribution in [0, 0.1) is 6.92 Å². The third-order valence-corrected chi connectivity index (χ3v) is 2.91. The van der Waals surface area contributed by atoms with E-state index < -0.39 is 0 Å². The first-order valence-electron chi connectivity index (χ1n) is 4.13. The summed E-state index contributed by atoms with van der Waals surface area (Å²) in [7, 11) is 0. The molecule has 2 aromatic rings. The Bertz CT molecular complexity index is 422. The zero-order chi connectivity index (χ0) is 9.97. The molecule has 2 rings (SSSR count). The number of nitrogens with zero attached hydrogens (tertiary/aromatic N) is 4. The Hall–Kier alpha value is -0.940. The van der Waals surface area contributed by atoms with Gasteiger partial charge in [0.1, 0.15) is 10.0 Å². The zero-order valence-corrected chi connectivity index (χ0v) is 9.22. The van der Waals surface area contributed by atoms with Crippen molar-refractivity contribution in [1.82, 2.24) is 19.7 Å². The van der Waals surface area contributed by atoms with E-state index in [9.17, 15) is 0 Å². The first-order chi connectivity index (χ1) is 6.79. The third kappa shape index (κ3) is 1.93. The highest BCUT2D eigenvalue weighted by atomic mass is 35.5. The van der Waals surface area contributed by atoms with E-state index in [1.54, 1.807) is 23.9 Å². The van der Waals surface area contributed by atoms with E-state index in [4.69, 9.17) is 11.6 Å². The Balaban J connectivity index is 2.18. The number of alkyl halides is 1. The number of halogens is 1. The number of aromatic nitrogens is 4. The van der Waals surface area contributed by atoms with Crippen LogP contribution in [0.15, 0.2) is 12.5 Å². The summed E-state index contributed by atoms with van der Waals surface area (Å²) in [6.45, 7) is 2.64. The van der Waals surface area contributed by atoms with E-state index in [0.29, 0.717) is 12.4 Å². The largest absolute Gasteiger partial charge is 0.326 e. The van der Waals surface area contributed by atoms with Crippen molar-refractivity contribution in [3.63, 3.8) is 0 Å². The summed E-state index contributed by atoms with van der Waals surface area (Å²) in [4.78, 5) is 4.03. The maximum atomic E-state index is 5.75. The molecule has 0 radical (unpaired) electrons. The minimum Gasteiger partial charge on any atom is -0.326 e. The van der Waals surface area contributed by atoms with Gasteiger partial charge in [0.15, 0.2) is 0 Å². The van der Waals surface area contributed by atoms with Crippen LogP contribution in [-0.2, 0) is 12.4 Å². The van der Waals surface area contributed by atoms with Gasteiger partial charge in [0.05, 0.1) is 24.4 Å². The fourth-order valence-electron chi connectivity index (χ4n) is 1.15. The van der Waals surface area contributed by atoms with Gasteiger partial charge < -0.3 is 4.57 Å². The van der Waals surface area contributed by atoms with E-state index >= 15 is 0 Å².